The molecule has 4 N–H and O–H groups in total. The number of carbonyl (C=O) groups excluding carboxylic acids is 3. The van der Waals surface area contributed by atoms with Crippen LogP contribution in [0.5, 0.6) is 5.75 Å². The Morgan fingerprint density at radius 3 is 1.11 bits per heavy atom. The minimum absolute atomic E-state index is 0.0522. The SMILES string of the molecule is CCNc1ccc(S(=O)(=O)Nc2ccc(Cl)cc2C(=O)c2ccccc2)cc1.CCc1ccc(S(=O)(=O)Nc2ccc(Cl)cc2C(=O)c2cccc(Cl)c2)cc1.COc1ccc(S(=O)(=O)Nc2ccc(Cl)cc2C(=O)c2ccccc2)cc1. The van der Waals surface area contributed by atoms with Crippen LogP contribution >= 0.6 is 46.4 Å². The van der Waals surface area contributed by atoms with Crippen molar-refractivity contribution in [2.45, 2.75) is 35.0 Å². The van der Waals surface area contributed by atoms with Crippen LogP contribution in [0.3, 0.4) is 0 Å². The predicted octanol–water partition coefficient (Wildman–Crippen LogP) is 14.8. The second kappa shape index (κ2) is 28.3. The standard InChI is InChI=1S/C21H17Cl2NO3S.C21H19ClN2O3S.C20H16ClNO4S/c1-2-14-6-9-18(10-7-14)28(26,27)24-20-11-8-17(23)13-19(20)21(25)15-4-3-5-16(22)12-15;1-2-23-17-9-11-18(12-10-17)28(26,27)24-20-13-8-16(22)14-19(20)21(25)15-6-4-3-5-7-15;1-26-16-8-10-17(11-9-16)27(24,25)22-19-12-7-15(21)13-18(19)20(23)14-5-3-2-4-6-14/h3-13,24H,2H2,1H3;3-14,23-24H,2H2,1H3;2-13,22H,1H3. The van der Waals surface area contributed by atoms with Crippen molar-refractivity contribution in [2.24, 2.45) is 0 Å². The van der Waals surface area contributed by atoms with Gasteiger partial charge in [0.15, 0.2) is 17.3 Å². The molecule has 0 aliphatic carbocycles. The molecule has 9 rings (SSSR count). The number of rotatable bonds is 19. The summed E-state index contributed by atoms with van der Waals surface area (Å²) in [7, 11) is -10.1. The molecule has 0 radical (unpaired) electrons. The molecular weight excluding hydrogens is 1200 g/mol. The van der Waals surface area contributed by atoms with Gasteiger partial charge in [-0.25, -0.2) is 25.3 Å². The first-order valence-corrected chi connectivity index (χ1v) is 31.1. The van der Waals surface area contributed by atoms with Gasteiger partial charge in [0.1, 0.15) is 5.75 Å². The zero-order valence-electron chi connectivity index (χ0n) is 44.4. The Balaban J connectivity index is 0.000000179. The molecule has 0 aliphatic heterocycles. The number of aryl methyl sites for hydroxylation is 1. The largest absolute Gasteiger partial charge is 0.497 e. The Hall–Kier alpha value is -8.00. The third-order valence-electron chi connectivity index (χ3n) is 12.1. The lowest BCUT2D eigenvalue weighted by atomic mass is 10.0. The number of carbonyl (C=O) groups is 3. The topological polar surface area (TPSA) is 211 Å². The Morgan fingerprint density at radius 2 is 0.747 bits per heavy atom. The highest BCUT2D eigenvalue weighted by Gasteiger charge is 2.24. The van der Waals surface area contributed by atoms with E-state index in [2.05, 4.69) is 19.5 Å². The van der Waals surface area contributed by atoms with Gasteiger partial charge in [-0.15, -0.1) is 0 Å². The monoisotopic (exact) mass is 1250 g/mol. The van der Waals surface area contributed by atoms with E-state index in [1.54, 1.807) is 115 Å². The second-order valence-corrected chi connectivity index (χ2v) is 24.6. The third kappa shape index (κ3) is 16.8. The maximum Gasteiger partial charge on any atom is 0.261 e. The highest BCUT2D eigenvalue weighted by molar-refractivity contribution is 7.93. The zero-order valence-corrected chi connectivity index (χ0v) is 49.9. The highest BCUT2D eigenvalue weighted by atomic mass is 35.5. The Morgan fingerprint density at radius 1 is 0.398 bits per heavy atom. The van der Waals surface area contributed by atoms with Crippen molar-refractivity contribution in [1.29, 1.82) is 0 Å². The highest BCUT2D eigenvalue weighted by Crippen LogP contribution is 2.31. The van der Waals surface area contributed by atoms with Gasteiger partial charge in [0, 0.05) is 65.7 Å². The van der Waals surface area contributed by atoms with Crippen LogP contribution in [-0.2, 0) is 36.5 Å². The summed E-state index contributed by atoms with van der Waals surface area (Å²) in [6.07, 6.45) is 0.809. The average Bonchev–Trinajstić information content (AvgIpc) is 3.68. The van der Waals surface area contributed by atoms with E-state index in [1.807, 2.05) is 13.8 Å². The van der Waals surface area contributed by atoms with Crippen molar-refractivity contribution in [3.8, 4) is 5.75 Å². The number of halogens is 4. The van der Waals surface area contributed by atoms with E-state index in [0.29, 0.717) is 42.5 Å². The van der Waals surface area contributed by atoms with Crippen LogP contribution in [0, 0.1) is 0 Å². The molecule has 0 fully saturated rings. The van der Waals surface area contributed by atoms with Gasteiger partial charge >= 0.3 is 0 Å². The molecule has 0 saturated carbocycles. The molecule has 0 aromatic heterocycles. The number of sulfonamides is 3. The first kappa shape index (κ1) is 62.6. The van der Waals surface area contributed by atoms with Crippen LogP contribution in [0.25, 0.3) is 0 Å². The van der Waals surface area contributed by atoms with Crippen LogP contribution in [0.15, 0.2) is 227 Å². The molecule has 0 atom stereocenters. The van der Waals surface area contributed by atoms with Gasteiger partial charge in [0.2, 0.25) is 0 Å². The molecule has 0 bridgehead atoms. The molecule has 0 aliphatic rings. The molecule has 426 valence electrons. The van der Waals surface area contributed by atoms with Crippen LogP contribution in [-0.4, -0.2) is 56.3 Å². The van der Waals surface area contributed by atoms with Crippen LogP contribution < -0.4 is 24.2 Å². The van der Waals surface area contributed by atoms with E-state index in [9.17, 15) is 39.6 Å². The Labute approximate surface area is 502 Å². The first-order chi connectivity index (χ1) is 39.6. The Kier molecular flexibility index (Phi) is 21.4. The molecule has 14 nitrogen and oxygen atoms in total. The number of methoxy groups -OCH3 is 1. The summed E-state index contributed by atoms with van der Waals surface area (Å²) in [4.78, 5) is 38.9. The van der Waals surface area contributed by atoms with E-state index >= 15 is 0 Å². The summed E-state index contributed by atoms with van der Waals surface area (Å²) in [6, 6.07) is 55.9. The van der Waals surface area contributed by atoms with Gasteiger partial charge in [0.05, 0.1) is 38.9 Å². The summed E-state index contributed by atoms with van der Waals surface area (Å²) in [5.41, 5.74) is 4.05. The number of hydrogen-bond acceptors (Lipinski definition) is 11. The van der Waals surface area contributed by atoms with Crippen molar-refractivity contribution in [1.82, 2.24) is 0 Å². The summed E-state index contributed by atoms with van der Waals surface area (Å²) in [6.45, 7) is 4.68. The van der Waals surface area contributed by atoms with Crippen LogP contribution in [0.2, 0.25) is 20.1 Å². The number of nitrogens with one attached hydrogen (secondary N) is 4. The molecule has 0 unspecified atom stereocenters. The lowest BCUT2D eigenvalue weighted by molar-refractivity contribution is 0.103. The molecule has 83 heavy (non-hydrogen) atoms. The van der Waals surface area contributed by atoms with Crippen LogP contribution in [0.4, 0.5) is 22.7 Å². The fourth-order valence-corrected chi connectivity index (χ4v) is 11.8. The molecule has 0 amide bonds. The van der Waals surface area contributed by atoms with Crippen LogP contribution in [0.1, 0.15) is 67.2 Å². The fourth-order valence-electron chi connectivity index (χ4n) is 7.88. The minimum atomic E-state index is -3.89. The normalized spacial score (nSPS) is 11.1. The van der Waals surface area contributed by atoms with Crippen molar-refractivity contribution in [2.75, 3.05) is 33.1 Å². The maximum absolute atomic E-state index is 12.9. The summed E-state index contributed by atoms with van der Waals surface area (Å²) >= 11 is 24.1. The average molecular weight is 1250 g/mol. The van der Waals surface area contributed by atoms with Gasteiger partial charge < -0.3 is 10.1 Å². The molecule has 0 saturated heterocycles. The number of benzene rings is 9. The maximum atomic E-state index is 12.9. The number of ether oxygens (including phenoxy) is 1. The number of ketones is 3. The molecule has 0 spiro atoms. The zero-order chi connectivity index (χ0) is 59.9. The van der Waals surface area contributed by atoms with E-state index in [4.69, 9.17) is 51.1 Å². The van der Waals surface area contributed by atoms with E-state index in [-0.39, 0.29) is 65.8 Å². The number of hydrogen-bond donors (Lipinski definition) is 4. The van der Waals surface area contributed by atoms with Gasteiger partial charge in [-0.05, 0) is 146 Å². The Bertz CT molecular complexity index is 4130. The minimum Gasteiger partial charge on any atom is -0.497 e. The quantitative estimate of drug-likeness (QED) is 0.0559. The summed E-state index contributed by atoms with van der Waals surface area (Å²) in [5.74, 6) is -0.488. The first-order valence-electron chi connectivity index (χ1n) is 25.1. The lowest BCUT2D eigenvalue weighted by Gasteiger charge is -2.13. The van der Waals surface area contributed by atoms with Gasteiger partial charge in [-0.2, -0.15) is 0 Å². The molecule has 0 heterocycles. The molecule has 21 heteroatoms. The second-order valence-electron chi connectivity index (χ2n) is 17.8. The van der Waals surface area contributed by atoms with E-state index in [1.165, 1.54) is 104 Å². The predicted molar refractivity (Wildman–Crippen MR) is 331 cm³/mol. The molecule has 9 aromatic carbocycles. The smallest absolute Gasteiger partial charge is 0.261 e. The summed E-state index contributed by atoms with van der Waals surface area (Å²) < 4.78 is 89.0. The summed E-state index contributed by atoms with van der Waals surface area (Å²) in [5, 5.41) is 4.52. The van der Waals surface area contributed by atoms with Crippen molar-refractivity contribution >= 4 is 117 Å². The van der Waals surface area contributed by atoms with Gasteiger partial charge in [-0.3, -0.25) is 28.5 Å². The van der Waals surface area contributed by atoms with E-state index < -0.39 is 30.1 Å². The van der Waals surface area contributed by atoms with Crippen molar-refractivity contribution in [3.63, 3.8) is 0 Å². The van der Waals surface area contributed by atoms with Gasteiger partial charge in [0.25, 0.3) is 30.1 Å². The van der Waals surface area contributed by atoms with Gasteiger partial charge in [-0.1, -0.05) is 138 Å². The fraction of sp³-hybridized carbons (Fsp3) is 0.0806. The van der Waals surface area contributed by atoms with Crippen molar-refractivity contribution in [3.05, 3.63) is 271 Å². The third-order valence-corrected chi connectivity index (χ3v) is 17.2. The molecular formula is C62H52Cl4N4O10S3. The molecule has 9 aromatic rings. The number of anilines is 4. The van der Waals surface area contributed by atoms with Crippen molar-refractivity contribution < 1.29 is 44.4 Å². The van der Waals surface area contributed by atoms with E-state index in [0.717, 1.165) is 24.2 Å². The lowest BCUT2D eigenvalue weighted by Crippen LogP contribution is -2.16.